The molecule has 3 aromatic rings. The van der Waals surface area contributed by atoms with Crippen LogP contribution in [0.15, 0.2) is 33.9 Å². The minimum absolute atomic E-state index is 0.165. The fraction of sp³-hybridized carbons (Fsp3) is 0.476. The topological polar surface area (TPSA) is 85.2 Å². The van der Waals surface area contributed by atoms with Crippen LogP contribution in [0.4, 0.5) is 13.2 Å². The predicted octanol–water partition coefficient (Wildman–Crippen LogP) is 3.24. The maximum atomic E-state index is 12.7. The van der Waals surface area contributed by atoms with E-state index >= 15 is 0 Å². The van der Waals surface area contributed by atoms with Crippen LogP contribution < -0.4 is 16.0 Å². The smallest absolute Gasteiger partial charge is 0.405 e. The number of nitrogens with one attached hydrogen (secondary N) is 1. The highest BCUT2D eigenvalue weighted by atomic mass is 19.4. The molecule has 0 fully saturated rings. The average molecular weight is 453 g/mol. The lowest BCUT2D eigenvalue weighted by Gasteiger charge is -2.19. The van der Waals surface area contributed by atoms with Crippen LogP contribution in [0.3, 0.4) is 0 Å². The van der Waals surface area contributed by atoms with Gasteiger partial charge in [0.25, 0.3) is 5.56 Å². The van der Waals surface area contributed by atoms with Crippen LogP contribution in [-0.2, 0) is 26.2 Å². The Bertz CT molecular complexity index is 1200. The van der Waals surface area contributed by atoms with Gasteiger partial charge < -0.3 is 9.30 Å². The van der Waals surface area contributed by atoms with Gasteiger partial charge in [0.2, 0.25) is 0 Å². The van der Waals surface area contributed by atoms with Crippen molar-refractivity contribution >= 4 is 11.2 Å². The van der Waals surface area contributed by atoms with Gasteiger partial charge in [-0.1, -0.05) is 31.5 Å². The first kappa shape index (κ1) is 23.6. The van der Waals surface area contributed by atoms with Crippen LogP contribution in [-0.4, -0.2) is 37.4 Å². The van der Waals surface area contributed by atoms with E-state index < -0.39 is 17.6 Å². The van der Waals surface area contributed by atoms with Crippen LogP contribution in [0.1, 0.15) is 38.1 Å². The van der Waals surface area contributed by atoms with E-state index in [2.05, 4.69) is 14.7 Å². The normalized spacial score (nSPS) is 12.1. The number of aromatic amines is 1. The number of fused-ring (bicyclic) bond motifs is 1. The van der Waals surface area contributed by atoms with Crippen molar-refractivity contribution in [2.45, 2.75) is 59.2 Å². The van der Waals surface area contributed by atoms with E-state index in [9.17, 15) is 22.8 Å². The number of hydrogen-bond donors (Lipinski definition) is 1. The van der Waals surface area contributed by atoms with Gasteiger partial charge in [0.15, 0.2) is 11.2 Å². The molecule has 2 heterocycles. The van der Waals surface area contributed by atoms with Gasteiger partial charge in [-0.05, 0) is 26.5 Å². The Morgan fingerprint density at radius 2 is 1.84 bits per heavy atom. The number of aromatic nitrogens is 4. The van der Waals surface area contributed by atoms with Crippen molar-refractivity contribution in [3.8, 4) is 5.75 Å². The molecule has 0 unspecified atom stereocenters. The molecule has 0 saturated heterocycles. The van der Waals surface area contributed by atoms with Gasteiger partial charge in [-0.3, -0.25) is 19.2 Å². The lowest BCUT2D eigenvalue weighted by atomic mass is 10.2. The van der Waals surface area contributed by atoms with Crippen molar-refractivity contribution in [2.75, 3.05) is 7.05 Å². The zero-order valence-electron chi connectivity index (χ0n) is 18.2. The minimum atomic E-state index is -4.78. The SMILES string of the molecule is CCCCn1c(=O)[nH]c(=O)c2c1nc(CN(C)Cc1ccccc1OC(F)(F)F)n2CC. The van der Waals surface area contributed by atoms with E-state index in [4.69, 9.17) is 0 Å². The van der Waals surface area contributed by atoms with Crippen LogP contribution in [0, 0.1) is 0 Å². The number of imidazole rings is 1. The summed E-state index contributed by atoms with van der Waals surface area (Å²) in [6.07, 6.45) is -3.16. The summed E-state index contributed by atoms with van der Waals surface area (Å²) in [5, 5.41) is 0. The van der Waals surface area contributed by atoms with Crippen molar-refractivity contribution in [3.63, 3.8) is 0 Å². The number of benzene rings is 1. The van der Waals surface area contributed by atoms with Crippen molar-refractivity contribution < 1.29 is 17.9 Å². The summed E-state index contributed by atoms with van der Waals surface area (Å²) in [7, 11) is 1.73. The summed E-state index contributed by atoms with van der Waals surface area (Å²) < 4.78 is 45.4. The maximum absolute atomic E-state index is 12.7. The zero-order valence-corrected chi connectivity index (χ0v) is 18.2. The minimum Gasteiger partial charge on any atom is -0.405 e. The number of unbranched alkanes of at least 4 members (excludes halogenated alkanes) is 1. The molecule has 32 heavy (non-hydrogen) atoms. The summed E-state index contributed by atoms with van der Waals surface area (Å²) in [6.45, 7) is 5.16. The van der Waals surface area contributed by atoms with E-state index in [1.54, 1.807) is 28.6 Å². The third-order valence-electron chi connectivity index (χ3n) is 5.07. The number of nitrogens with zero attached hydrogens (tertiary/aromatic N) is 4. The molecule has 11 heteroatoms. The van der Waals surface area contributed by atoms with E-state index in [1.807, 2.05) is 13.8 Å². The van der Waals surface area contributed by atoms with Crippen LogP contribution in [0.25, 0.3) is 11.2 Å². The second kappa shape index (κ2) is 9.60. The second-order valence-corrected chi connectivity index (χ2v) is 7.54. The molecule has 0 saturated carbocycles. The molecule has 0 bridgehead atoms. The van der Waals surface area contributed by atoms with Gasteiger partial charge in [-0.2, -0.15) is 0 Å². The highest BCUT2D eigenvalue weighted by molar-refractivity contribution is 5.71. The summed E-state index contributed by atoms with van der Waals surface area (Å²) in [6, 6.07) is 5.94. The molecule has 0 aliphatic carbocycles. The molecule has 1 N–H and O–H groups in total. The van der Waals surface area contributed by atoms with Gasteiger partial charge >= 0.3 is 12.1 Å². The molecular formula is C21H26F3N5O3. The first-order valence-electron chi connectivity index (χ1n) is 10.4. The molecule has 0 atom stereocenters. The highest BCUT2D eigenvalue weighted by Crippen LogP contribution is 2.27. The number of ether oxygens (including phenoxy) is 1. The fourth-order valence-corrected chi connectivity index (χ4v) is 3.65. The quantitative estimate of drug-likeness (QED) is 0.538. The van der Waals surface area contributed by atoms with Crippen LogP contribution in [0.5, 0.6) is 5.75 Å². The third kappa shape index (κ3) is 5.21. The molecule has 0 amide bonds. The Kier molecular flexibility index (Phi) is 7.07. The van der Waals surface area contributed by atoms with E-state index in [0.717, 1.165) is 12.8 Å². The van der Waals surface area contributed by atoms with Gasteiger partial charge in [0.1, 0.15) is 11.6 Å². The summed E-state index contributed by atoms with van der Waals surface area (Å²) >= 11 is 0. The predicted molar refractivity (Wildman–Crippen MR) is 113 cm³/mol. The number of halogens is 3. The molecule has 8 nitrogen and oxygen atoms in total. The van der Waals surface area contributed by atoms with Gasteiger partial charge in [0.05, 0.1) is 6.54 Å². The first-order valence-corrected chi connectivity index (χ1v) is 10.4. The average Bonchev–Trinajstić information content (AvgIpc) is 3.06. The molecule has 0 aliphatic rings. The molecule has 0 spiro atoms. The van der Waals surface area contributed by atoms with Crippen molar-refractivity contribution in [3.05, 3.63) is 56.5 Å². The number of aryl methyl sites for hydroxylation is 2. The molecule has 174 valence electrons. The third-order valence-corrected chi connectivity index (χ3v) is 5.07. The van der Waals surface area contributed by atoms with E-state index in [1.165, 1.54) is 16.7 Å². The Balaban J connectivity index is 1.93. The lowest BCUT2D eigenvalue weighted by molar-refractivity contribution is -0.275. The number of H-pyrrole nitrogens is 1. The number of rotatable bonds is 9. The molecular weight excluding hydrogens is 427 g/mol. The van der Waals surface area contributed by atoms with Crippen LogP contribution >= 0.6 is 0 Å². The lowest BCUT2D eigenvalue weighted by Crippen LogP contribution is -2.31. The Hall–Kier alpha value is -3.08. The Morgan fingerprint density at radius 3 is 2.50 bits per heavy atom. The summed E-state index contributed by atoms with van der Waals surface area (Å²) in [4.78, 5) is 33.5. The molecule has 3 rings (SSSR count). The first-order chi connectivity index (χ1) is 15.1. The molecule has 0 aliphatic heterocycles. The number of alkyl halides is 3. The van der Waals surface area contributed by atoms with Gasteiger partial charge in [-0.15, -0.1) is 13.2 Å². The van der Waals surface area contributed by atoms with Gasteiger partial charge in [-0.25, -0.2) is 9.78 Å². The van der Waals surface area contributed by atoms with Gasteiger partial charge in [0, 0.05) is 25.2 Å². The standard InChI is InChI=1S/C21H26F3N5O3/c1-4-6-11-29-18-17(19(30)26-20(29)31)28(5-2)16(25-18)13-27(3)12-14-9-7-8-10-15(14)32-21(22,23)24/h7-10H,4-6,11-13H2,1-3H3,(H,26,30,31). The Morgan fingerprint density at radius 1 is 1.12 bits per heavy atom. The largest absolute Gasteiger partial charge is 0.573 e. The van der Waals surface area contributed by atoms with Crippen LogP contribution in [0.2, 0.25) is 0 Å². The van der Waals surface area contributed by atoms with E-state index in [0.29, 0.717) is 35.6 Å². The van der Waals surface area contributed by atoms with E-state index in [-0.39, 0.29) is 18.8 Å². The maximum Gasteiger partial charge on any atom is 0.573 e. The summed E-state index contributed by atoms with van der Waals surface area (Å²) in [5.74, 6) is 0.279. The monoisotopic (exact) mass is 453 g/mol. The number of hydrogen-bond acceptors (Lipinski definition) is 5. The second-order valence-electron chi connectivity index (χ2n) is 7.54. The molecule has 1 aromatic carbocycles. The molecule has 2 aromatic heterocycles. The Labute approximate surface area is 182 Å². The number of para-hydroxylation sites is 1. The van der Waals surface area contributed by atoms with Crippen molar-refractivity contribution in [2.24, 2.45) is 0 Å². The fourth-order valence-electron chi connectivity index (χ4n) is 3.65. The zero-order chi connectivity index (χ0) is 23.5. The highest BCUT2D eigenvalue weighted by Gasteiger charge is 2.32. The molecule has 0 radical (unpaired) electrons. The summed E-state index contributed by atoms with van der Waals surface area (Å²) in [5.41, 5.74) is -0.0189. The van der Waals surface area contributed by atoms with Crippen molar-refractivity contribution in [1.82, 2.24) is 24.0 Å². The van der Waals surface area contributed by atoms with Crippen molar-refractivity contribution in [1.29, 1.82) is 0 Å².